The van der Waals surface area contributed by atoms with Crippen molar-refractivity contribution in [2.75, 3.05) is 24.3 Å². The van der Waals surface area contributed by atoms with Crippen LogP contribution in [-0.4, -0.2) is 42.2 Å². The molecular formula is C30H27N3O4. The van der Waals surface area contributed by atoms with Gasteiger partial charge in [0.1, 0.15) is 16.7 Å². The minimum atomic E-state index is -1.43. The van der Waals surface area contributed by atoms with Gasteiger partial charge in [-0.2, -0.15) is 0 Å². The first-order chi connectivity index (χ1) is 17.9. The van der Waals surface area contributed by atoms with Gasteiger partial charge in [-0.1, -0.05) is 48.0 Å². The molecule has 2 N–H and O–H groups in total. The van der Waals surface area contributed by atoms with Gasteiger partial charge in [0.05, 0.1) is 13.0 Å². The molecule has 7 rings (SSSR count). The lowest BCUT2D eigenvalue weighted by Crippen LogP contribution is -2.62. The topological polar surface area (TPSA) is 87.7 Å². The molecule has 0 aliphatic carbocycles. The number of amides is 2. The molecule has 2 saturated heterocycles. The lowest BCUT2D eigenvalue weighted by Gasteiger charge is -2.43. The van der Waals surface area contributed by atoms with Crippen LogP contribution in [0.25, 0.3) is 0 Å². The maximum absolute atomic E-state index is 14.6. The number of anilines is 2. The van der Waals surface area contributed by atoms with E-state index in [9.17, 15) is 14.4 Å². The van der Waals surface area contributed by atoms with Gasteiger partial charge in [0, 0.05) is 28.5 Å². The van der Waals surface area contributed by atoms with Gasteiger partial charge < -0.3 is 15.4 Å². The van der Waals surface area contributed by atoms with Crippen LogP contribution in [0.4, 0.5) is 11.4 Å². The van der Waals surface area contributed by atoms with Gasteiger partial charge in [-0.05, 0) is 56.1 Å². The van der Waals surface area contributed by atoms with Crippen molar-refractivity contribution in [2.24, 2.45) is 5.92 Å². The fourth-order valence-electron chi connectivity index (χ4n) is 7.65. The van der Waals surface area contributed by atoms with E-state index >= 15 is 0 Å². The lowest BCUT2D eigenvalue weighted by atomic mass is 9.57. The second-order valence-corrected chi connectivity index (χ2v) is 10.5. The third-order valence-electron chi connectivity index (χ3n) is 8.89. The van der Waals surface area contributed by atoms with Crippen LogP contribution < -0.4 is 15.4 Å². The molecule has 2 amide bonds. The van der Waals surface area contributed by atoms with Gasteiger partial charge in [0.15, 0.2) is 5.78 Å². The summed E-state index contributed by atoms with van der Waals surface area (Å²) in [6.45, 7) is 2.62. The normalized spacial score (nSPS) is 29.2. The molecule has 0 bridgehead atoms. The molecule has 186 valence electrons. The second kappa shape index (κ2) is 7.52. The molecule has 0 unspecified atom stereocenters. The van der Waals surface area contributed by atoms with E-state index in [1.807, 2.05) is 49.4 Å². The highest BCUT2D eigenvalue weighted by Gasteiger charge is 2.81. The summed E-state index contributed by atoms with van der Waals surface area (Å²) < 4.78 is 5.41. The maximum atomic E-state index is 14.6. The van der Waals surface area contributed by atoms with Gasteiger partial charge in [-0.3, -0.25) is 19.3 Å². The maximum Gasteiger partial charge on any atom is 0.251 e. The number of carbonyl (C=O) groups is 3. The smallest absolute Gasteiger partial charge is 0.251 e. The van der Waals surface area contributed by atoms with Gasteiger partial charge in [0.25, 0.3) is 5.91 Å². The highest BCUT2D eigenvalue weighted by Crippen LogP contribution is 2.67. The molecule has 4 heterocycles. The fourth-order valence-corrected chi connectivity index (χ4v) is 7.65. The molecule has 37 heavy (non-hydrogen) atoms. The zero-order chi connectivity index (χ0) is 25.5. The number of para-hydroxylation sites is 1. The van der Waals surface area contributed by atoms with Gasteiger partial charge in [0.2, 0.25) is 5.91 Å². The third-order valence-corrected chi connectivity index (χ3v) is 8.89. The summed E-state index contributed by atoms with van der Waals surface area (Å²) in [6, 6.07) is 20.2. The Morgan fingerprint density at radius 2 is 1.73 bits per heavy atom. The van der Waals surface area contributed by atoms with Crippen molar-refractivity contribution in [1.82, 2.24) is 4.90 Å². The summed E-state index contributed by atoms with van der Waals surface area (Å²) in [5, 5.41) is 6.17. The van der Waals surface area contributed by atoms with Crippen LogP contribution in [0, 0.1) is 12.8 Å². The molecular weight excluding hydrogens is 466 g/mol. The molecule has 4 aliphatic heterocycles. The highest BCUT2D eigenvalue weighted by molar-refractivity contribution is 6.21. The average Bonchev–Trinajstić information content (AvgIpc) is 3.62. The van der Waals surface area contributed by atoms with Crippen molar-refractivity contribution in [3.63, 3.8) is 0 Å². The zero-order valence-corrected chi connectivity index (χ0v) is 20.7. The Morgan fingerprint density at radius 3 is 2.57 bits per heavy atom. The largest absolute Gasteiger partial charge is 0.497 e. The SMILES string of the molecule is COc1cccc(C(=O)[C@@H]2[C@H]3CCCN3[C@]3(C(=O)Nc4ccc(C)cc43)[C@]23C(=O)Nc2ccccc23)c1. The van der Waals surface area contributed by atoms with Crippen LogP contribution in [0.2, 0.25) is 0 Å². The van der Waals surface area contributed by atoms with Crippen molar-refractivity contribution in [2.45, 2.75) is 36.8 Å². The van der Waals surface area contributed by atoms with Crippen LogP contribution in [0.1, 0.15) is 39.9 Å². The first kappa shape index (κ1) is 22.2. The number of fused-ring (bicyclic) bond motifs is 7. The number of benzene rings is 3. The standard InChI is InChI=1S/C30H27N3O4/c1-17-12-13-23-21(15-17)30(28(36)32-23)29(20-9-3-4-10-22(20)31-27(29)35)25(24-11-6-14-33(24)30)26(34)18-7-5-8-19(16-18)37-2/h3-5,7-10,12-13,15-16,24-25H,6,11,14H2,1-2H3,(H,31,35)(H,32,36)/t24-,25+,29+,30-/m1/s1. The highest BCUT2D eigenvalue weighted by atomic mass is 16.5. The van der Waals surface area contributed by atoms with E-state index in [0.29, 0.717) is 34.8 Å². The van der Waals surface area contributed by atoms with E-state index in [2.05, 4.69) is 15.5 Å². The molecule has 4 atom stereocenters. The van der Waals surface area contributed by atoms with Crippen LogP contribution in [0.15, 0.2) is 66.7 Å². The summed E-state index contributed by atoms with van der Waals surface area (Å²) in [5.41, 5.74) is 1.54. The number of hydrogen-bond donors (Lipinski definition) is 2. The van der Waals surface area contributed by atoms with Crippen molar-refractivity contribution in [1.29, 1.82) is 0 Å². The first-order valence-electron chi connectivity index (χ1n) is 12.7. The molecule has 7 nitrogen and oxygen atoms in total. The molecule has 3 aromatic carbocycles. The van der Waals surface area contributed by atoms with Gasteiger partial charge >= 0.3 is 0 Å². The number of Topliss-reactive ketones (excluding diaryl/α,β-unsaturated/α-hetero) is 1. The summed E-state index contributed by atoms with van der Waals surface area (Å²) in [4.78, 5) is 45.6. The predicted octanol–water partition coefficient (Wildman–Crippen LogP) is 4.02. The molecule has 0 saturated carbocycles. The Kier molecular flexibility index (Phi) is 4.52. The number of nitrogens with zero attached hydrogens (tertiary/aromatic N) is 1. The molecule has 0 aromatic heterocycles. The van der Waals surface area contributed by atoms with E-state index in [1.54, 1.807) is 31.4 Å². The van der Waals surface area contributed by atoms with Crippen LogP contribution in [0.3, 0.4) is 0 Å². The Bertz CT molecular complexity index is 1520. The van der Waals surface area contributed by atoms with E-state index < -0.39 is 16.9 Å². The van der Waals surface area contributed by atoms with Crippen LogP contribution in [-0.2, 0) is 20.5 Å². The molecule has 4 aliphatic rings. The summed E-state index contributed by atoms with van der Waals surface area (Å²) in [5.74, 6) is -0.871. The molecule has 7 heteroatoms. The third kappa shape index (κ3) is 2.52. The van der Waals surface area contributed by atoms with Crippen LogP contribution in [0.5, 0.6) is 5.75 Å². The van der Waals surface area contributed by atoms with E-state index in [0.717, 1.165) is 24.0 Å². The van der Waals surface area contributed by atoms with Gasteiger partial charge in [-0.15, -0.1) is 0 Å². The number of rotatable bonds is 3. The summed E-state index contributed by atoms with van der Waals surface area (Å²) in [7, 11) is 1.57. The number of ether oxygens (including phenoxy) is 1. The molecule has 3 aromatic rings. The molecule has 2 fully saturated rings. The van der Waals surface area contributed by atoms with E-state index in [-0.39, 0.29) is 23.6 Å². The number of hydrogen-bond acceptors (Lipinski definition) is 5. The minimum Gasteiger partial charge on any atom is -0.497 e. The second-order valence-electron chi connectivity index (χ2n) is 10.5. The van der Waals surface area contributed by atoms with Crippen molar-refractivity contribution in [3.8, 4) is 5.75 Å². The Balaban J connectivity index is 1.58. The average molecular weight is 494 g/mol. The van der Waals surface area contributed by atoms with Crippen molar-refractivity contribution >= 4 is 29.0 Å². The van der Waals surface area contributed by atoms with Crippen LogP contribution >= 0.6 is 0 Å². The number of aryl methyl sites for hydroxylation is 1. The van der Waals surface area contributed by atoms with Crippen molar-refractivity contribution in [3.05, 3.63) is 89.0 Å². The number of ketones is 1. The van der Waals surface area contributed by atoms with Crippen molar-refractivity contribution < 1.29 is 19.1 Å². The molecule has 0 radical (unpaired) electrons. The van der Waals surface area contributed by atoms with E-state index in [4.69, 9.17) is 4.74 Å². The van der Waals surface area contributed by atoms with Gasteiger partial charge in [-0.25, -0.2) is 0 Å². The monoisotopic (exact) mass is 493 g/mol. The number of methoxy groups -OCH3 is 1. The molecule has 2 spiro atoms. The minimum absolute atomic E-state index is 0.145. The number of nitrogens with one attached hydrogen (secondary N) is 2. The Labute approximate surface area is 214 Å². The fraction of sp³-hybridized carbons (Fsp3) is 0.300. The summed E-state index contributed by atoms with van der Waals surface area (Å²) in [6.07, 6.45) is 1.58. The summed E-state index contributed by atoms with van der Waals surface area (Å²) >= 11 is 0. The Morgan fingerprint density at radius 1 is 0.946 bits per heavy atom. The zero-order valence-electron chi connectivity index (χ0n) is 20.7. The number of carbonyl (C=O) groups excluding carboxylic acids is 3. The van der Waals surface area contributed by atoms with E-state index in [1.165, 1.54) is 0 Å². The first-order valence-corrected chi connectivity index (χ1v) is 12.7. The lowest BCUT2D eigenvalue weighted by molar-refractivity contribution is -0.137. The quantitative estimate of drug-likeness (QED) is 0.538. The Hall–Kier alpha value is -3.97. The predicted molar refractivity (Wildman–Crippen MR) is 139 cm³/mol.